The molecule has 0 aliphatic rings. The second-order valence-electron chi connectivity index (χ2n) is 5.34. The Hall–Kier alpha value is -1.74. The van der Waals surface area contributed by atoms with E-state index in [1.54, 1.807) is 19.1 Å². The number of aryl methyl sites for hydroxylation is 1. The molecule has 2 aromatic rings. The molecule has 9 heteroatoms. The summed E-state index contributed by atoms with van der Waals surface area (Å²) in [6.07, 6.45) is -7.81. The van der Waals surface area contributed by atoms with Crippen molar-refractivity contribution in [2.24, 2.45) is 0 Å². The van der Waals surface area contributed by atoms with Gasteiger partial charge in [-0.2, -0.15) is 26.3 Å². The monoisotopic (exact) mass is 380 g/mol. The number of halogens is 6. The average molecular weight is 380 g/mol. The van der Waals surface area contributed by atoms with Gasteiger partial charge in [0.25, 0.3) is 0 Å². The molecule has 0 aliphatic heterocycles. The third kappa shape index (κ3) is 5.12. The summed E-state index contributed by atoms with van der Waals surface area (Å²) in [6.45, 7) is 1.75. The smallest absolute Gasteiger partial charge is 0.260 e. The highest BCUT2D eigenvalue weighted by Gasteiger charge is 2.44. The van der Waals surface area contributed by atoms with Crippen molar-refractivity contribution in [2.75, 3.05) is 7.05 Å². The van der Waals surface area contributed by atoms with Gasteiger partial charge in [-0.05, 0) is 55.7 Å². The Morgan fingerprint density at radius 2 is 1.56 bits per heavy atom. The van der Waals surface area contributed by atoms with Crippen molar-refractivity contribution >= 4 is 11.9 Å². The lowest BCUT2D eigenvalue weighted by Crippen LogP contribution is -2.32. The molecule has 2 nitrogen and oxygen atoms in total. The first-order valence-corrected chi connectivity index (χ1v) is 7.83. The van der Waals surface area contributed by atoms with Crippen molar-refractivity contribution < 1.29 is 26.3 Å². The average Bonchev–Trinajstić information content (AvgIpc) is 2.48. The second-order valence-corrected chi connectivity index (χ2v) is 6.57. The van der Waals surface area contributed by atoms with Crippen LogP contribution in [-0.4, -0.2) is 22.5 Å². The molecular formula is C16H14F6N2S. The number of benzene rings is 1. The summed E-state index contributed by atoms with van der Waals surface area (Å²) < 4.78 is 79.1. The highest BCUT2D eigenvalue weighted by atomic mass is 32.2. The molecule has 25 heavy (non-hydrogen) atoms. The Kier molecular flexibility index (Phi) is 5.68. The molecule has 0 spiro atoms. The van der Waals surface area contributed by atoms with Crippen molar-refractivity contribution in [3.05, 3.63) is 59.4 Å². The standard InChI is InChI=1S/C16H14F6N2S/c1-10-3-8-13(9-23-10)25-24(2)14(16(20,21)22)11-4-6-12(7-5-11)15(17,18)19/h3-9,14H,1-2H3. The van der Waals surface area contributed by atoms with Gasteiger partial charge in [-0.25, -0.2) is 4.31 Å². The van der Waals surface area contributed by atoms with Crippen molar-refractivity contribution in [3.8, 4) is 0 Å². The van der Waals surface area contributed by atoms with Crippen molar-refractivity contribution in [1.29, 1.82) is 0 Å². The van der Waals surface area contributed by atoms with E-state index < -0.39 is 24.0 Å². The minimum atomic E-state index is -4.65. The zero-order chi connectivity index (χ0) is 18.8. The first-order valence-electron chi connectivity index (χ1n) is 7.06. The number of rotatable bonds is 4. The van der Waals surface area contributed by atoms with E-state index in [2.05, 4.69) is 4.98 Å². The van der Waals surface area contributed by atoms with Gasteiger partial charge in [0.1, 0.15) is 6.04 Å². The molecule has 0 saturated heterocycles. The maximum Gasteiger partial charge on any atom is 0.416 e. The van der Waals surface area contributed by atoms with E-state index in [1.807, 2.05) is 0 Å². The fourth-order valence-electron chi connectivity index (χ4n) is 2.19. The Morgan fingerprint density at radius 1 is 0.960 bits per heavy atom. The van der Waals surface area contributed by atoms with Crippen molar-refractivity contribution in [2.45, 2.75) is 30.2 Å². The topological polar surface area (TPSA) is 16.1 Å². The molecule has 1 atom stereocenters. The summed E-state index contributed by atoms with van der Waals surface area (Å²) >= 11 is 0.820. The Labute approximate surface area is 145 Å². The highest BCUT2D eigenvalue weighted by molar-refractivity contribution is 7.97. The van der Waals surface area contributed by atoms with Gasteiger partial charge in [-0.15, -0.1) is 0 Å². The summed E-state index contributed by atoms with van der Waals surface area (Å²) in [4.78, 5) is 4.51. The molecule has 0 radical (unpaired) electrons. The number of alkyl halides is 6. The highest BCUT2D eigenvalue weighted by Crippen LogP contribution is 2.42. The molecule has 136 valence electrons. The number of aromatic nitrogens is 1. The van der Waals surface area contributed by atoms with E-state index in [1.165, 1.54) is 13.2 Å². The predicted octanol–water partition coefficient (Wildman–Crippen LogP) is 5.65. The van der Waals surface area contributed by atoms with E-state index in [9.17, 15) is 26.3 Å². The number of nitrogens with zero attached hydrogens (tertiary/aromatic N) is 2. The van der Waals surface area contributed by atoms with Crippen LogP contribution in [0.15, 0.2) is 47.5 Å². The fraction of sp³-hybridized carbons (Fsp3) is 0.312. The second kappa shape index (κ2) is 7.25. The molecule has 1 heterocycles. The minimum Gasteiger partial charge on any atom is -0.260 e. The Balaban J connectivity index is 2.28. The van der Waals surface area contributed by atoms with Gasteiger partial charge >= 0.3 is 12.4 Å². The largest absolute Gasteiger partial charge is 0.416 e. The van der Waals surface area contributed by atoms with E-state index in [0.717, 1.165) is 34.1 Å². The molecule has 1 aromatic carbocycles. The normalized spacial score (nSPS) is 14.0. The maximum absolute atomic E-state index is 13.5. The van der Waals surface area contributed by atoms with Crippen LogP contribution in [0.3, 0.4) is 0 Å². The summed E-state index contributed by atoms with van der Waals surface area (Å²) in [6, 6.07) is 4.25. The third-order valence-electron chi connectivity index (χ3n) is 3.36. The Morgan fingerprint density at radius 3 is 2.00 bits per heavy atom. The third-order valence-corrected chi connectivity index (χ3v) is 4.31. The van der Waals surface area contributed by atoms with Crippen LogP contribution >= 0.6 is 11.9 Å². The van der Waals surface area contributed by atoms with Gasteiger partial charge < -0.3 is 0 Å². The van der Waals surface area contributed by atoms with Crippen LogP contribution in [0.4, 0.5) is 26.3 Å². The molecule has 0 amide bonds. The van der Waals surface area contributed by atoms with Crippen molar-refractivity contribution in [1.82, 2.24) is 9.29 Å². The Bertz CT molecular complexity index is 695. The predicted molar refractivity (Wildman–Crippen MR) is 82.8 cm³/mol. The van der Waals surface area contributed by atoms with Crippen LogP contribution < -0.4 is 0 Å². The fourth-order valence-corrected chi connectivity index (χ4v) is 3.09. The van der Waals surface area contributed by atoms with Gasteiger partial charge in [-0.3, -0.25) is 4.98 Å². The molecule has 0 N–H and O–H groups in total. The molecule has 0 bridgehead atoms. The first kappa shape index (κ1) is 19.6. The van der Waals surface area contributed by atoms with Crippen LogP contribution in [0.25, 0.3) is 0 Å². The van der Waals surface area contributed by atoms with Crippen molar-refractivity contribution in [3.63, 3.8) is 0 Å². The quantitative estimate of drug-likeness (QED) is 0.504. The minimum absolute atomic E-state index is 0.268. The van der Waals surface area contributed by atoms with E-state index in [0.29, 0.717) is 17.0 Å². The van der Waals surface area contributed by atoms with Crippen LogP contribution in [0.1, 0.15) is 22.9 Å². The van der Waals surface area contributed by atoms with E-state index in [4.69, 9.17) is 0 Å². The molecule has 0 saturated carbocycles. The van der Waals surface area contributed by atoms with Gasteiger partial charge in [0.15, 0.2) is 0 Å². The van der Waals surface area contributed by atoms with Crippen LogP contribution in [0.2, 0.25) is 0 Å². The number of hydrogen-bond acceptors (Lipinski definition) is 3. The summed E-state index contributed by atoms with van der Waals surface area (Å²) in [5.74, 6) is 0. The SMILES string of the molecule is Cc1ccc(SN(C)C(c2ccc(C(F)(F)F)cc2)C(F)(F)F)cn1. The lowest BCUT2D eigenvalue weighted by Gasteiger charge is -2.29. The summed E-state index contributed by atoms with van der Waals surface area (Å²) in [5, 5.41) is 0. The van der Waals surface area contributed by atoms with Crippen LogP contribution in [0, 0.1) is 6.92 Å². The molecule has 0 fully saturated rings. The molecule has 1 unspecified atom stereocenters. The summed E-state index contributed by atoms with van der Waals surface area (Å²) in [5.41, 5.74) is -0.534. The molecule has 1 aromatic heterocycles. The first-order chi connectivity index (χ1) is 11.5. The lowest BCUT2D eigenvalue weighted by molar-refractivity contribution is -0.169. The van der Waals surface area contributed by atoms with Gasteiger partial charge in [0.2, 0.25) is 0 Å². The van der Waals surface area contributed by atoms with Gasteiger partial charge in [0, 0.05) is 16.8 Å². The maximum atomic E-state index is 13.5. The van der Waals surface area contributed by atoms with E-state index in [-0.39, 0.29) is 5.56 Å². The molecule has 2 rings (SSSR count). The zero-order valence-electron chi connectivity index (χ0n) is 13.2. The number of hydrogen-bond donors (Lipinski definition) is 0. The van der Waals surface area contributed by atoms with E-state index >= 15 is 0 Å². The summed E-state index contributed by atoms with van der Waals surface area (Å²) in [7, 11) is 1.24. The van der Waals surface area contributed by atoms with Gasteiger partial charge in [-0.1, -0.05) is 12.1 Å². The zero-order valence-corrected chi connectivity index (χ0v) is 14.0. The molecular weight excluding hydrogens is 366 g/mol. The number of pyridine rings is 1. The molecule has 0 aliphatic carbocycles. The lowest BCUT2D eigenvalue weighted by atomic mass is 10.0. The van der Waals surface area contributed by atoms with Gasteiger partial charge in [0.05, 0.1) is 5.56 Å². The van der Waals surface area contributed by atoms with Crippen LogP contribution in [-0.2, 0) is 6.18 Å². The van der Waals surface area contributed by atoms with Crippen LogP contribution in [0.5, 0.6) is 0 Å².